The zero-order chi connectivity index (χ0) is 18.8. The van der Waals surface area contributed by atoms with Crippen molar-refractivity contribution in [2.24, 2.45) is 0 Å². The van der Waals surface area contributed by atoms with E-state index in [1.807, 2.05) is 16.0 Å². The number of rotatable bonds is 6. The number of amides is 1. The number of thiophene rings is 1. The lowest BCUT2D eigenvalue weighted by Gasteiger charge is -2.15. The third kappa shape index (κ3) is 4.10. The zero-order valence-electron chi connectivity index (χ0n) is 14.9. The van der Waals surface area contributed by atoms with Gasteiger partial charge in [-0.25, -0.2) is 4.39 Å². The minimum absolute atomic E-state index is 0.0633. The van der Waals surface area contributed by atoms with E-state index >= 15 is 0 Å². The predicted octanol–water partition coefficient (Wildman–Crippen LogP) is 4.48. The molecular formula is C20H21BrFN3OS. The van der Waals surface area contributed by atoms with Crippen LogP contribution < -0.4 is 5.32 Å². The summed E-state index contributed by atoms with van der Waals surface area (Å²) in [7, 11) is 0. The van der Waals surface area contributed by atoms with Crippen molar-refractivity contribution in [3.63, 3.8) is 0 Å². The Balaban J connectivity index is 1.55. The molecule has 0 aliphatic carbocycles. The van der Waals surface area contributed by atoms with E-state index in [0.29, 0.717) is 18.8 Å². The van der Waals surface area contributed by atoms with E-state index < -0.39 is 0 Å². The third-order valence-electron chi connectivity index (χ3n) is 4.98. The van der Waals surface area contributed by atoms with Crippen molar-refractivity contribution in [1.82, 2.24) is 14.8 Å². The summed E-state index contributed by atoms with van der Waals surface area (Å²) in [5.41, 5.74) is 2.61. The van der Waals surface area contributed by atoms with Gasteiger partial charge in [-0.3, -0.25) is 4.79 Å². The maximum atomic E-state index is 13.2. The number of hydrogen-bond acceptors (Lipinski definition) is 3. The SMILES string of the molecule is O=C(NCCN1CCCC1)c1cc2scc(Br)c2n1Cc1ccc(F)cc1. The number of halogens is 2. The van der Waals surface area contributed by atoms with Crippen LogP contribution in [0.1, 0.15) is 28.9 Å². The first-order valence-corrected chi connectivity index (χ1v) is 10.8. The Bertz CT molecular complexity index is 944. The second kappa shape index (κ2) is 8.12. The lowest BCUT2D eigenvalue weighted by molar-refractivity contribution is 0.0941. The summed E-state index contributed by atoms with van der Waals surface area (Å²) >= 11 is 5.20. The number of carbonyl (C=O) groups excluding carboxylic acids is 1. The number of aromatic nitrogens is 1. The maximum absolute atomic E-state index is 13.2. The fraction of sp³-hybridized carbons (Fsp3) is 0.350. The number of fused-ring (bicyclic) bond motifs is 1. The second-order valence-electron chi connectivity index (χ2n) is 6.84. The van der Waals surface area contributed by atoms with Gasteiger partial charge in [0.2, 0.25) is 0 Å². The summed E-state index contributed by atoms with van der Waals surface area (Å²) in [6.07, 6.45) is 2.50. The van der Waals surface area contributed by atoms with E-state index in [-0.39, 0.29) is 11.7 Å². The number of hydrogen-bond donors (Lipinski definition) is 1. The summed E-state index contributed by atoms with van der Waals surface area (Å²) < 4.78 is 17.3. The molecule has 4 rings (SSSR count). The van der Waals surface area contributed by atoms with Gasteiger partial charge in [-0.15, -0.1) is 11.3 Å². The monoisotopic (exact) mass is 449 g/mol. The molecule has 1 aliphatic rings. The third-order valence-corrected chi connectivity index (χ3v) is 6.80. The lowest BCUT2D eigenvalue weighted by Crippen LogP contribution is -2.34. The molecule has 1 aromatic carbocycles. The fourth-order valence-electron chi connectivity index (χ4n) is 3.58. The van der Waals surface area contributed by atoms with Gasteiger partial charge in [0, 0.05) is 25.0 Å². The molecule has 1 aliphatic heterocycles. The van der Waals surface area contributed by atoms with Crippen molar-refractivity contribution < 1.29 is 9.18 Å². The van der Waals surface area contributed by atoms with Crippen LogP contribution in [-0.2, 0) is 6.54 Å². The molecule has 1 fully saturated rings. The van der Waals surface area contributed by atoms with E-state index in [9.17, 15) is 9.18 Å². The normalized spacial score (nSPS) is 14.9. The Kier molecular flexibility index (Phi) is 5.61. The lowest BCUT2D eigenvalue weighted by atomic mass is 10.2. The molecule has 3 aromatic rings. The molecule has 0 bridgehead atoms. The minimum atomic E-state index is -0.256. The van der Waals surface area contributed by atoms with Gasteiger partial charge in [0.25, 0.3) is 5.91 Å². The van der Waals surface area contributed by atoms with Gasteiger partial charge in [-0.05, 0) is 65.6 Å². The van der Waals surface area contributed by atoms with Gasteiger partial charge in [0.05, 0.1) is 14.7 Å². The molecule has 0 spiro atoms. The van der Waals surface area contributed by atoms with Crippen molar-refractivity contribution in [3.8, 4) is 0 Å². The summed E-state index contributed by atoms with van der Waals surface area (Å²) in [5.74, 6) is -0.320. The summed E-state index contributed by atoms with van der Waals surface area (Å²) in [6.45, 7) is 4.31. The fourth-order valence-corrected chi connectivity index (χ4v) is 5.27. The smallest absolute Gasteiger partial charge is 0.268 e. The van der Waals surface area contributed by atoms with Gasteiger partial charge in [-0.2, -0.15) is 0 Å². The van der Waals surface area contributed by atoms with Crippen LogP contribution in [-0.4, -0.2) is 41.6 Å². The minimum Gasteiger partial charge on any atom is -0.349 e. The van der Waals surface area contributed by atoms with Crippen LogP contribution in [0.5, 0.6) is 0 Å². The number of nitrogens with zero attached hydrogens (tertiary/aromatic N) is 2. The first kappa shape index (κ1) is 18.7. The number of carbonyl (C=O) groups is 1. The van der Waals surface area contributed by atoms with E-state index in [1.165, 1.54) is 25.0 Å². The second-order valence-corrected chi connectivity index (χ2v) is 8.61. The molecule has 142 valence electrons. The zero-order valence-corrected chi connectivity index (χ0v) is 17.3. The molecule has 0 atom stereocenters. The first-order valence-electron chi connectivity index (χ1n) is 9.13. The molecule has 1 saturated heterocycles. The van der Waals surface area contributed by atoms with Gasteiger partial charge in [-0.1, -0.05) is 12.1 Å². The molecule has 0 unspecified atom stereocenters. The van der Waals surface area contributed by atoms with Crippen LogP contribution in [0.25, 0.3) is 10.2 Å². The molecule has 27 heavy (non-hydrogen) atoms. The summed E-state index contributed by atoms with van der Waals surface area (Å²) in [4.78, 5) is 15.2. The highest BCUT2D eigenvalue weighted by atomic mass is 79.9. The van der Waals surface area contributed by atoms with Crippen molar-refractivity contribution in [2.45, 2.75) is 19.4 Å². The summed E-state index contributed by atoms with van der Waals surface area (Å²) in [5, 5.41) is 5.09. The highest BCUT2D eigenvalue weighted by Crippen LogP contribution is 2.33. The van der Waals surface area contributed by atoms with Gasteiger partial charge >= 0.3 is 0 Å². The summed E-state index contributed by atoms with van der Waals surface area (Å²) in [6, 6.07) is 8.37. The molecule has 0 radical (unpaired) electrons. The van der Waals surface area contributed by atoms with E-state index in [2.05, 4.69) is 26.1 Å². The number of benzene rings is 1. The quantitative estimate of drug-likeness (QED) is 0.602. The molecule has 1 N–H and O–H groups in total. The number of likely N-dealkylation sites (tertiary alicyclic amines) is 1. The standard InChI is InChI=1S/C20H21BrFN3OS/c21-16-13-27-18-11-17(20(26)23-7-10-24-8-1-2-9-24)25(19(16)18)12-14-3-5-15(22)6-4-14/h3-6,11,13H,1-2,7-10,12H2,(H,23,26). The Morgan fingerprint density at radius 2 is 1.96 bits per heavy atom. The number of nitrogens with one attached hydrogen (secondary N) is 1. The van der Waals surface area contributed by atoms with Crippen molar-refractivity contribution in [2.75, 3.05) is 26.2 Å². The highest BCUT2D eigenvalue weighted by molar-refractivity contribution is 9.10. The molecule has 0 saturated carbocycles. The van der Waals surface area contributed by atoms with E-state index in [0.717, 1.165) is 39.9 Å². The van der Waals surface area contributed by atoms with Crippen LogP contribution in [0.15, 0.2) is 40.2 Å². The van der Waals surface area contributed by atoms with E-state index in [1.54, 1.807) is 23.5 Å². The van der Waals surface area contributed by atoms with Crippen molar-refractivity contribution in [1.29, 1.82) is 0 Å². The first-order chi connectivity index (χ1) is 13.1. The van der Waals surface area contributed by atoms with Crippen LogP contribution in [0.3, 0.4) is 0 Å². The predicted molar refractivity (Wildman–Crippen MR) is 111 cm³/mol. The molecule has 7 heteroatoms. The van der Waals surface area contributed by atoms with Gasteiger partial charge in [0.1, 0.15) is 11.5 Å². The Morgan fingerprint density at radius 3 is 2.70 bits per heavy atom. The Hall–Kier alpha value is -1.70. The van der Waals surface area contributed by atoms with Crippen LogP contribution in [0, 0.1) is 5.82 Å². The molecule has 3 heterocycles. The molecule has 2 aromatic heterocycles. The topological polar surface area (TPSA) is 37.3 Å². The van der Waals surface area contributed by atoms with Crippen LogP contribution >= 0.6 is 27.3 Å². The molecule has 4 nitrogen and oxygen atoms in total. The molecular weight excluding hydrogens is 429 g/mol. The van der Waals surface area contributed by atoms with E-state index in [4.69, 9.17) is 0 Å². The van der Waals surface area contributed by atoms with Crippen molar-refractivity contribution >= 4 is 43.4 Å². The van der Waals surface area contributed by atoms with Crippen LogP contribution in [0.2, 0.25) is 0 Å². The van der Waals surface area contributed by atoms with Crippen molar-refractivity contribution in [3.05, 3.63) is 57.3 Å². The Labute approximate surface area is 170 Å². The Morgan fingerprint density at radius 1 is 1.22 bits per heavy atom. The van der Waals surface area contributed by atoms with Gasteiger partial charge < -0.3 is 14.8 Å². The average Bonchev–Trinajstić information content (AvgIpc) is 3.37. The maximum Gasteiger partial charge on any atom is 0.268 e. The van der Waals surface area contributed by atoms with Gasteiger partial charge in [0.15, 0.2) is 0 Å². The largest absolute Gasteiger partial charge is 0.349 e. The molecule has 1 amide bonds. The highest BCUT2D eigenvalue weighted by Gasteiger charge is 2.19. The average molecular weight is 450 g/mol. The van der Waals surface area contributed by atoms with Crippen LogP contribution in [0.4, 0.5) is 4.39 Å².